The van der Waals surface area contributed by atoms with E-state index in [1.54, 1.807) is 0 Å². The summed E-state index contributed by atoms with van der Waals surface area (Å²) < 4.78 is 13.5. The molecule has 0 atom stereocenters. The molecule has 1 aromatic rings. The second kappa shape index (κ2) is 7.13. The molecule has 0 saturated heterocycles. The van der Waals surface area contributed by atoms with Crippen LogP contribution < -0.4 is 11.1 Å². The first-order valence-corrected chi connectivity index (χ1v) is 5.50. The van der Waals surface area contributed by atoms with Crippen molar-refractivity contribution in [1.82, 2.24) is 5.32 Å². The topological polar surface area (TPSA) is 92.4 Å². The van der Waals surface area contributed by atoms with Gasteiger partial charge in [-0.15, -0.1) is 0 Å². The molecule has 0 unspecified atom stereocenters. The number of aliphatic hydroxyl groups excluding tert-OH is 1. The summed E-state index contributed by atoms with van der Waals surface area (Å²) in [7, 11) is 0. The van der Waals surface area contributed by atoms with E-state index in [-0.39, 0.29) is 25.1 Å². The number of halogens is 1. The van der Waals surface area contributed by atoms with E-state index in [2.05, 4.69) is 17.2 Å². The lowest BCUT2D eigenvalue weighted by atomic mass is 10.1. The molecular formula is C13H13FN2O3. The molecule has 5 nitrogen and oxygen atoms in total. The molecule has 6 heteroatoms. The van der Waals surface area contributed by atoms with Crippen LogP contribution in [0.25, 0.3) is 0 Å². The van der Waals surface area contributed by atoms with Crippen molar-refractivity contribution >= 4 is 11.8 Å². The Hall–Kier alpha value is -2.39. The van der Waals surface area contributed by atoms with Gasteiger partial charge < -0.3 is 16.2 Å². The predicted molar refractivity (Wildman–Crippen MR) is 66.5 cm³/mol. The summed E-state index contributed by atoms with van der Waals surface area (Å²) in [4.78, 5) is 22.2. The minimum absolute atomic E-state index is 0.0165. The molecular weight excluding hydrogens is 251 g/mol. The van der Waals surface area contributed by atoms with Crippen LogP contribution in [-0.4, -0.2) is 30.1 Å². The average molecular weight is 264 g/mol. The highest BCUT2D eigenvalue weighted by Gasteiger charge is 2.11. The molecule has 0 spiro atoms. The van der Waals surface area contributed by atoms with Crippen molar-refractivity contribution in [3.63, 3.8) is 0 Å². The van der Waals surface area contributed by atoms with Crippen LogP contribution in [0, 0.1) is 17.7 Å². The first-order valence-electron chi connectivity index (χ1n) is 5.50. The molecule has 0 radical (unpaired) electrons. The second-order valence-electron chi connectivity index (χ2n) is 3.63. The van der Waals surface area contributed by atoms with Crippen LogP contribution in [0.15, 0.2) is 18.2 Å². The Kier molecular flexibility index (Phi) is 5.51. The average Bonchev–Trinajstić information content (AvgIpc) is 2.37. The lowest BCUT2D eigenvalue weighted by Gasteiger charge is -2.05. The van der Waals surface area contributed by atoms with Crippen molar-refractivity contribution in [1.29, 1.82) is 0 Å². The van der Waals surface area contributed by atoms with Gasteiger partial charge in [-0.2, -0.15) is 0 Å². The SMILES string of the molecule is NC(=O)CCNC(=O)c1cc(C#CCO)ccc1F. The maximum Gasteiger partial charge on any atom is 0.254 e. The number of nitrogens with one attached hydrogen (secondary N) is 1. The fraction of sp³-hybridized carbons (Fsp3) is 0.231. The molecule has 0 heterocycles. The number of carbonyl (C=O) groups is 2. The van der Waals surface area contributed by atoms with Crippen LogP contribution in [0.2, 0.25) is 0 Å². The summed E-state index contributed by atoms with van der Waals surface area (Å²) >= 11 is 0. The van der Waals surface area contributed by atoms with E-state index < -0.39 is 17.6 Å². The lowest BCUT2D eigenvalue weighted by Crippen LogP contribution is -2.28. The van der Waals surface area contributed by atoms with Crippen molar-refractivity contribution in [3.8, 4) is 11.8 Å². The van der Waals surface area contributed by atoms with E-state index in [1.807, 2.05) is 0 Å². The second-order valence-corrected chi connectivity index (χ2v) is 3.63. The first-order chi connectivity index (χ1) is 9.04. The Morgan fingerprint density at radius 1 is 1.42 bits per heavy atom. The number of benzene rings is 1. The van der Waals surface area contributed by atoms with Crippen LogP contribution >= 0.6 is 0 Å². The Labute approximate surface area is 109 Å². The fourth-order valence-electron chi connectivity index (χ4n) is 1.31. The highest BCUT2D eigenvalue weighted by Crippen LogP contribution is 2.10. The Morgan fingerprint density at radius 3 is 2.79 bits per heavy atom. The number of nitrogens with two attached hydrogens (primary N) is 1. The number of hydrogen-bond donors (Lipinski definition) is 3. The van der Waals surface area contributed by atoms with Crippen LogP contribution in [0.3, 0.4) is 0 Å². The van der Waals surface area contributed by atoms with Gasteiger partial charge in [-0.3, -0.25) is 9.59 Å². The predicted octanol–water partition coefficient (Wildman–Crippen LogP) is -0.225. The summed E-state index contributed by atoms with van der Waals surface area (Å²) in [6.45, 7) is -0.280. The third-order valence-electron chi connectivity index (χ3n) is 2.18. The molecule has 4 N–H and O–H groups in total. The first kappa shape index (κ1) is 14.7. The van der Waals surface area contributed by atoms with Crippen molar-refractivity contribution in [3.05, 3.63) is 35.1 Å². The Bertz CT molecular complexity index is 547. The van der Waals surface area contributed by atoms with Crippen molar-refractivity contribution < 1.29 is 19.1 Å². The number of hydrogen-bond acceptors (Lipinski definition) is 3. The Balaban J connectivity index is 2.80. The Morgan fingerprint density at radius 2 is 2.16 bits per heavy atom. The van der Waals surface area contributed by atoms with Gasteiger partial charge in [0.1, 0.15) is 12.4 Å². The molecule has 1 rings (SSSR count). The highest BCUT2D eigenvalue weighted by atomic mass is 19.1. The standard InChI is InChI=1S/C13H13FN2O3/c14-11-4-3-9(2-1-7-17)8-10(11)13(19)16-6-5-12(15)18/h3-4,8,17H,5-7H2,(H2,15,18)(H,16,19). The highest BCUT2D eigenvalue weighted by molar-refractivity contribution is 5.95. The third-order valence-corrected chi connectivity index (χ3v) is 2.18. The van der Waals surface area contributed by atoms with Gasteiger partial charge in [-0.1, -0.05) is 11.8 Å². The van der Waals surface area contributed by atoms with Crippen molar-refractivity contribution in [2.45, 2.75) is 6.42 Å². The quantitative estimate of drug-likeness (QED) is 0.656. The largest absolute Gasteiger partial charge is 0.384 e. The lowest BCUT2D eigenvalue weighted by molar-refractivity contribution is -0.117. The van der Waals surface area contributed by atoms with E-state index in [0.717, 1.165) is 6.07 Å². The van der Waals surface area contributed by atoms with E-state index in [9.17, 15) is 14.0 Å². The maximum absolute atomic E-state index is 13.5. The molecule has 0 fully saturated rings. The van der Waals surface area contributed by atoms with Crippen LogP contribution in [0.5, 0.6) is 0 Å². The third kappa shape index (κ3) is 4.77. The normalized spacial score (nSPS) is 9.37. The summed E-state index contributed by atoms with van der Waals surface area (Å²) in [6.07, 6.45) is -0.0165. The minimum Gasteiger partial charge on any atom is -0.384 e. The summed E-state index contributed by atoms with van der Waals surface area (Å²) in [5.41, 5.74) is 5.16. The van der Waals surface area contributed by atoms with E-state index in [1.165, 1.54) is 12.1 Å². The molecule has 0 aromatic heterocycles. The summed E-state index contributed by atoms with van der Waals surface area (Å²) in [6, 6.07) is 3.79. The van der Waals surface area contributed by atoms with Gasteiger partial charge >= 0.3 is 0 Å². The van der Waals surface area contributed by atoms with Crippen molar-refractivity contribution in [2.75, 3.05) is 13.2 Å². The number of primary amides is 1. The summed E-state index contributed by atoms with van der Waals surface area (Å²) in [5.74, 6) is 3.08. The molecule has 0 bridgehead atoms. The van der Waals surface area contributed by atoms with Gasteiger partial charge in [0.15, 0.2) is 0 Å². The fourth-order valence-corrected chi connectivity index (χ4v) is 1.31. The molecule has 0 aliphatic heterocycles. The summed E-state index contributed by atoms with van der Waals surface area (Å²) in [5, 5.41) is 10.9. The molecule has 0 saturated carbocycles. The van der Waals surface area contributed by atoms with Gasteiger partial charge in [0.2, 0.25) is 5.91 Å². The van der Waals surface area contributed by atoms with Gasteiger partial charge in [-0.25, -0.2) is 4.39 Å². The maximum atomic E-state index is 13.5. The monoisotopic (exact) mass is 264 g/mol. The number of aliphatic hydroxyl groups is 1. The molecule has 0 aliphatic carbocycles. The van der Waals surface area contributed by atoms with Crippen LogP contribution in [0.1, 0.15) is 22.3 Å². The van der Waals surface area contributed by atoms with E-state index >= 15 is 0 Å². The molecule has 2 amide bonds. The van der Waals surface area contributed by atoms with Crippen LogP contribution in [0.4, 0.5) is 4.39 Å². The number of carbonyl (C=O) groups excluding carboxylic acids is 2. The number of amides is 2. The molecule has 100 valence electrons. The van der Waals surface area contributed by atoms with Gasteiger partial charge in [0, 0.05) is 18.5 Å². The van der Waals surface area contributed by atoms with Gasteiger partial charge in [-0.05, 0) is 18.2 Å². The molecule has 0 aliphatic rings. The zero-order chi connectivity index (χ0) is 14.3. The number of rotatable bonds is 4. The zero-order valence-electron chi connectivity index (χ0n) is 10.1. The van der Waals surface area contributed by atoms with Gasteiger partial charge in [0.05, 0.1) is 5.56 Å². The zero-order valence-corrected chi connectivity index (χ0v) is 10.1. The molecule has 19 heavy (non-hydrogen) atoms. The van der Waals surface area contributed by atoms with E-state index in [0.29, 0.717) is 5.56 Å². The van der Waals surface area contributed by atoms with Crippen LogP contribution in [-0.2, 0) is 4.79 Å². The smallest absolute Gasteiger partial charge is 0.254 e. The molecule has 1 aromatic carbocycles. The van der Waals surface area contributed by atoms with Crippen molar-refractivity contribution in [2.24, 2.45) is 5.73 Å². The minimum atomic E-state index is -0.689. The van der Waals surface area contributed by atoms with E-state index in [4.69, 9.17) is 10.8 Å². The van der Waals surface area contributed by atoms with Gasteiger partial charge in [0.25, 0.3) is 5.91 Å².